The maximum atomic E-state index is 12.1. The van der Waals surface area contributed by atoms with Crippen molar-refractivity contribution in [2.75, 3.05) is 13.1 Å². The van der Waals surface area contributed by atoms with E-state index in [4.69, 9.17) is 0 Å². The summed E-state index contributed by atoms with van der Waals surface area (Å²) < 4.78 is 0. The van der Waals surface area contributed by atoms with E-state index < -0.39 is 23.6 Å². The zero-order chi connectivity index (χ0) is 15.5. The standard InChI is InChI=1S/C15H20N2O4/c1-15(21)7-8-17(10-15)14(20)16-12(13(18)19)9-11-5-3-2-4-6-11/h2-6,12,21H,7-10H2,1H3,(H,16,20)(H,18,19)/t12-,15?/m0/s1. The number of likely N-dealkylation sites (tertiary alicyclic amines) is 1. The van der Waals surface area contributed by atoms with Gasteiger partial charge >= 0.3 is 12.0 Å². The summed E-state index contributed by atoms with van der Waals surface area (Å²) in [6.07, 6.45) is 0.725. The maximum Gasteiger partial charge on any atom is 0.326 e. The summed E-state index contributed by atoms with van der Waals surface area (Å²) in [7, 11) is 0. The van der Waals surface area contributed by atoms with Crippen molar-refractivity contribution < 1.29 is 19.8 Å². The van der Waals surface area contributed by atoms with Gasteiger partial charge in [0.05, 0.1) is 12.1 Å². The van der Waals surface area contributed by atoms with Crippen LogP contribution in [0.4, 0.5) is 4.79 Å². The van der Waals surface area contributed by atoms with Crippen LogP contribution in [0, 0.1) is 0 Å². The smallest absolute Gasteiger partial charge is 0.326 e. The second-order valence-electron chi connectivity index (χ2n) is 5.70. The molecule has 0 aliphatic carbocycles. The first-order chi connectivity index (χ1) is 9.87. The highest BCUT2D eigenvalue weighted by atomic mass is 16.4. The van der Waals surface area contributed by atoms with Crippen LogP contribution >= 0.6 is 0 Å². The Hall–Kier alpha value is -2.08. The van der Waals surface area contributed by atoms with E-state index >= 15 is 0 Å². The summed E-state index contributed by atoms with van der Waals surface area (Å²) in [5.41, 5.74) is -0.0474. The van der Waals surface area contributed by atoms with Crippen LogP contribution < -0.4 is 5.32 Å². The number of hydrogen-bond acceptors (Lipinski definition) is 3. The van der Waals surface area contributed by atoms with Crippen LogP contribution in [0.3, 0.4) is 0 Å². The first-order valence-electron chi connectivity index (χ1n) is 6.92. The van der Waals surface area contributed by atoms with Gasteiger partial charge in [-0.1, -0.05) is 30.3 Å². The number of amides is 2. The lowest BCUT2D eigenvalue weighted by Crippen LogP contribution is -2.49. The molecule has 0 saturated carbocycles. The van der Waals surface area contributed by atoms with Gasteiger partial charge in [0.25, 0.3) is 0 Å². The molecule has 0 aromatic heterocycles. The Labute approximate surface area is 123 Å². The Bertz CT molecular complexity index is 516. The molecule has 1 heterocycles. The first-order valence-corrected chi connectivity index (χ1v) is 6.92. The van der Waals surface area contributed by atoms with Crippen molar-refractivity contribution in [3.05, 3.63) is 35.9 Å². The van der Waals surface area contributed by atoms with Crippen molar-refractivity contribution >= 4 is 12.0 Å². The van der Waals surface area contributed by atoms with Gasteiger partial charge in [-0.15, -0.1) is 0 Å². The number of carbonyl (C=O) groups excluding carboxylic acids is 1. The predicted molar refractivity (Wildman–Crippen MR) is 76.9 cm³/mol. The Morgan fingerprint density at radius 1 is 1.38 bits per heavy atom. The first kappa shape index (κ1) is 15.3. The van der Waals surface area contributed by atoms with Gasteiger partial charge in [-0.2, -0.15) is 0 Å². The Morgan fingerprint density at radius 2 is 2.05 bits per heavy atom. The van der Waals surface area contributed by atoms with Crippen LogP contribution in [0.15, 0.2) is 30.3 Å². The summed E-state index contributed by atoms with van der Waals surface area (Å²) >= 11 is 0. The minimum Gasteiger partial charge on any atom is -0.480 e. The molecule has 1 unspecified atom stereocenters. The molecule has 1 aromatic rings. The van der Waals surface area contributed by atoms with E-state index in [1.807, 2.05) is 30.3 Å². The summed E-state index contributed by atoms with van der Waals surface area (Å²) in [5.74, 6) is -1.07. The largest absolute Gasteiger partial charge is 0.480 e. The van der Waals surface area contributed by atoms with E-state index in [1.54, 1.807) is 6.92 Å². The molecule has 1 saturated heterocycles. The van der Waals surface area contributed by atoms with Crippen LogP contribution in [0.1, 0.15) is 18.9 Å². The number of hydrogen-bond donors (Lipinski definition) is 3. The fourth-order valence-corrected chi connectivity index (χ4v) is 2.41. The third-order valence-electron chi connectivity index (χ3n) is 3.62. The average Bonchev–Trinajstić information content (AvgIpc) is 2.79. The van der Waals surface area contributed by atoms with Gasteiger partial charge in [0.15, 0.2) is 0 Å². The highest BCUT2D eigenvalue weighted by Gasteiger charge is 2.35. The molecular formula is C15H20N2O4. The number of nitrogens with one attached hydrogen (secondary N) is 1. The van der Waals surface area contributed by atoms with Gasteiger partial charge in [0.2, 0.25) is 0 Å². The Balaban J connectivity index is 1.97. The molecule has 2 amide bonds. The number of nitrogens with zero attached hydrogens (tertiary/aromatic N) is 1. The second-order valence-corrected chi connectivity index (χ2v) is 5.70. The van der Waals surface area contributed by atoms with E-state index in [2.05, 4.69) is 5.32 Å². The SMILES string of the molecule is CC1(O)CCN(C(=O)N[C@@H](Cc2ccccc2)C(=O)O)C1. The molecule has 0 bridgehead atoms. The molecule has 1 aromatic carbocycles. The number of urea groups is 1. The predicted octanol–water partition coefficient (Wildman–Crippen LogP) is 0.849. The van der Waals surface area contributed by atoms with Crippen LogP contribution in [-0.4, -0.2) is 51.8 Å². The Morgan fingerprint density at radius 3 is 2.57 bits per heavy atom. The van der Waals surface area contributed by atoms with E-state index in [1.165, 1.54) is 4.90 Å². The molecule has 1 fully saturated rings. The number of carboxylic acids is 1. The van der Waals surface area contributed by atoms with Gasteiger partial charge < -0.3 is 20.4 Å². The number of carbonyl (C=O) groups is 2. The summed E-state index contributed by atoms with van der Waals surface area (Å²) in [6, 6.07) is 7.72. The van der Waals surface area contributed by atoms with E-state index in [0.29, 0.717) is 13.0 Å². The minimum atomic E-state index is -1.07. The monoisotopic (exact) mass is 292 g/mol. The molecule has 2 atom stereocenters. The van der Waals surface area contributed by atoms with Gasteiger partial charge in [0.1, 0.15) is 6.04 Å². The van der Waals surface area contributed by atoms with Gasteiger partial charge in [-0.05, 0) is 18.9 Å². The molecule has 2 rings (SSSR count). The Kier molecular flexibility index (Phi) is 4.47. The van der Waals surface area contributed by atoms with Crippen LogP contribution in [0.2, 0.25) is 0 Å². The lowest BCUT2D eigenvalue weighted by atomic mass is 10.1. The van der Waals surface area contributed by atoms with Crippen LogP contribution in [0.25, 0.3) is 0 Å². The number of aliphatic carboxylic acids is 1. The molecule has 1 aliphatic heterocycles. The molecule has 114 valence electrons. The summed E-state index contributed by atoms with van der Waals surface area (Å²) in [5, 5.41) is 21.6. The number of carboxylic acid groups (broad SMARTS) is 1. The van der Waals surface area contributed by atoms with E-state index in [0.717, 1.165) is 5.56 Å². The van der Waals surface area contributed by atoms with Crippen molar-refractivity contribution in [2.24, 2.45) is 0 Å². The van der Waals surface area contributed by atoms with Crippen molar-refractivity contribution in [3.8, 4) is 0 Å². The number of benzene rings is 1. The molecule has 6 heteroatoms. The van der Waals surface area contributed by atoms with E-state index in [9.17, 15) is 19.8 Å². The van der Waals surface area contributed by atoms with Crippen molar-refractivity contribution in [1.29, 1.82) is 0 Å². The topological polar surface area (TPSA) is 89.9 Å². The van der Waals surface area contributed by atoms with E-state index in [-0.39, 0.29) is 13.0 Å². The fraction of sp³-hybridized carbons (Fsp3) is 0.467. The van der Waals surface area contributed by atoms with Crippen LogP contribution in [0.5, 0.6) is 0 Å². The normalized spacial score (nSPS) is 22.9. The highest BCUT2D eigenvalue weighted by Crippen LogP contribution is 2.20. The molecule has 6 nitrogen and oxygen atoms in total. The summed E-state index contributed by atoms with van der Waals surface area (Å²) in [6.45, 7) is 2.31. The van der Waals surface area contributed by atoms with Crippen molar-refractivity contribution in [1.82, 2.24) is 10.2 Å². The second kappa shape index (κ2) is 6.13. The van der Waals surface area contributed by atoms with Crippen molar-refractivity contribution in [3.63, 3.8) is 0 Å². The minimum absolute atomic E-state index is 0.219. The van der Waals surface area contributed by atoms with Gasteiger partial charge in [0, 0.05) is 13.0 Å². The molecule has 0 radical (unpaired) electrons. The third kappa shape index (κ3) is 4.19. The van der Waals surface area contributed by atoms with Gasteiger partial charge in [-0.3, -0.25) is 0 Å². The number of β-amino-alcohol motifs (C(OH)–C–C–N with tert-alkyl or cyclic N) is 1. The highest BCUT2D eigenvalue weighted by molar-refractivity contribution is 5.83. The average molecular weight is 292 g/mol. The van der Waals surface area contributed by atoms with Crippen LogP contribution in [-0.2, 0) is 11.2 Å². The number of rotatable bonds is 4. The zero-order valence-electron chi connectivity index (χ0n) is 12.0. The molecule has 1 aliphatic rings. The fourth-order valence-electron chi connectivity index (χ4n) is 2.41. The van der Waals surface area contributed by atoms with Crippen molar-refractivity contribution in [2.45, 2.75) is 31.4 Å². The summed E-state index contributed by atoms with van der Waals surface area (Å²) in [4.78, 5) is 24.8. The maximum absolute atomic E-state index is 12.1. The third-order valence-corrected chi connectivity index (χ3v) is 3.62. The molecule has 0 spiro atoms. The lowest BCUT2D eigenvalue weighted by Gasteiger charge is -2.22. The molecule has 21 heavy (non-hydrogen) atoms. The quantitative estimate of drug-likeness (QED) is 0.767. The lowest BCUT2D eigenvalue weighted by molar-refractivity contribution is -0.139. The zero-order valence-corrected chi connectivity index (χ0v) is 12.0. The van der Waals surface area contributed by atoms with Gasteiger partial charge in [-0.25, -0.2) is 9.59 Å². The number of aliphatic hydroxyl groups is 1. The molecule has 3 N–H and O–H groups in total. The molecular weight excluding hydrogens is 272 g/mol.